The number of halogens is 1. The number of anilines is 3. The Morgan fingerprint density at radius 3 is 2.24 bits per heavy atom. The lowest BCUT2D eigenvalue weighted by atomic mass is 10.1. The van der Waals surface area contributed by atoms with E-state index in [4.69, 9.17) is 16.7 Å². The van der Waals surface area contributed by atoms with Gasteiger partial charge in [0, 0.05) is 30.7 Å². The normalized spacial score (nSPS) is 11.1. The molecule has 0 spiro atoms. The molecule has 0 aliphatic rings. The average molecular weight is 400 g/mol. The van der Waals surface area contributed by atoms with Gasteiger partial charge in [-0.15, -0.1) is 0 Å². The van der Waals surface area contributed by atoms with E-state index in [0.717, 1.165) is 28.0 Å². The molecule has 0 saturated heterocycles. The summed E-state index contributed by atoms with van der Waals surface area (Å²) >= 11 is 6.51. The predicted octanol–water partition coefficient (Wildman–Crippen LogP) is 6.73. The van der Waals surface area contributed by atoms with Crippen LogP contribution in [0.25, 0.3) is 10.8 Å². The number of hydrogen-bond donors (Lipinski definition) is 0. The van der Waals surface area contributed by atoms with Crippen LogP contribution in [0.5, 0.6) is 0 Å². The van der Waals surface area contributed by atoms with Crippen molar-refractivity contribution < 1.29 is 0 Å². The van der Waals surface area contributed by atoms with Gasteiger partial charge in [0.2, 0.25) is 0 Å². The number of para-hydroxylation sites is 1. The maximum absolute atomic E-state index is 6.51. The molecule has 0 fully saturated rings. The van der Waals surface area contributed by atoms with Crippen LogP contribution in [0.2, 0.25) is 5.02 Å². The van der Waals surface area contributed by atoms with Crippen molar-refractivity contribution in [3.05, 3.63) is 102 Å². The van der Waals surface area contributed by atoms with Gasteiger partial charge < -0.3 is 4.90 Å². The molecule has 4 rings (SSSR count). The number of benzene rings is 4. The van der Waals surface area contributed by atoms with Gasteiger partial charge in [-0.05, 0) is 41.8 Å². The quantitative estimate of drug-likeness (QED) is 0.273. The Morgan fingerprint density at radius 2 is 1.48 bits per heavy atom. The highest BCUT2D eigenvalue weighted by molar-refractivity contribution is 6.33. The maximum atomic E-state index is 6.51. The molecule has 3 nitrogen and oxygen atoms in total. The van der Waals surface area contributed by atoms with Gasteiger partial charge in [0.25, 0.3) is 0 Å². The van der Waals surface area contributed by atoms with E-state index >= 15 is 0 Å². The number of fused-ring (bicyclic) bond motifs is 1. The van der Waals surface area contributed by atoms with Crippen molar-refractivity contribution in [2.75, 3.05) is 24.0 Å². The predicted molar refractivity (Wildman–Crippen MR) is 126 cm³/mol. The zero-order valence-corrected chi connectivity index (χ0v) is 17.2. The lowest BCUT2D eigenvalue weighted by Gasteiger charge is -2.21. The van der Waals surface area contributed by atoms with Crippen molar-refractivity contribution in [2.24, 2.45) is 5.10 Å². The van der Waals surface area contributed by atoms with Gasteiger partial charge in [-0.25, -0.2) is 5.01 Å². The van der Waals surface area contributed by atoms with Crippen molar-refractivity contribution in [3.63, 3.8) is 0 Å². The highest BCUT2D eigenvalue weighted by atomic mass is 35.5. The monoisotopic (exact) mass is 399 g/mol. The summed E-state index contributed by atoms with van der Waals surface area (Å²) in [6, 6.07) is 30.7. The third-order valence-electron chi connectivity index (χ3n) is 4.81. The molecule has 4 aromatic rings. The third-order valence-corrected chi connectivity index (χ3v) is 5.14. The Morgan fingerprint density at radius 1 is 0.759 bits per heavy atom. The molecule has 0 radical (unpaired) electrons. The topological polar surface area (TPSA) is 18.8 Å². The second-order valence-electron chi connectivity index (χ2n) is 6.99. The van der Waals surface area contributed by atoms with E-state index in [0.29, 0.717) is 5.02 Å². The first kappa shape index (κ1) is 19.0. The fourth-order valence-corrected chi connectivity index (χ4v) is 3.47. The Kier molecular flexibility index (Phi) is 5.50. The van der Waals surface area contributed by atoms with Gasteiger partial charge in [-0.3, -0.25) is 0 Å². The molecular formula is C25H22ClN3. The Hall–Kier alpha value is -3.30. The molecule has 0 aliphatic heterocycles. The molecule has 29 heavy (non-hydrogen) atoms. The van der Waals surface area contributed by atoms with Gasteiger partial charge in [-0.1, -0.05) is 66.2 Å². The zero-order chi connectivity index (χ0) is 20.2. The number of rotatable bonds is 5. The summed E-state index contributed by atoms with van der Waals surface area (Å²) in [7, 11) is 3.99. The van der Waals surface area contributed by atoms with E-state index in [2.05, 4.69) is 48.5 Å². The molecule has 0 atom stereocenters. The zero-order valence-electron chi connectivity index (χ0n) is 16.5. The standard InChI is InChI=1S/C25H22ClN3/c1-28(2)22-16-15-20(24(26)17-22)18-27-29(21-11-4-3-5-12-21)25-14-8-10-19-9-6-7-13-23(19)25/h3-18H,1-2H3. The molecule has 0 N–H and O–H groups in total. The first-order chi connectivity index (χ1) is 14.1. The van der Waals surface area contributed by atoms with Gasteiger partial charge in [-0.2, -0.15) is 5.10 Å². The largest absolute Gasteiger partial charge is 0.378 e. The van der Waals surface area contributed by atoms with E-state index in [1.54, 1.807) is 0 Å². The molecule has 4 heteroatoms. The minimum atomic E-state index is 0.672. The summed E-state index contributed by atoms with van der Waals surface area (Å²) in [5, 5.41) is 9.78. The molecule has 0 aromatic heterocycles. The first-order valence-electron chi connectivity index (χ1n) is 9.47. The van der Waals surface area contributed by atoms with E-state index < -0.39 is 0 Å². The van der Waals surface area contributed by atoms with Crippen LogP contribution in [0.4, 0.5) is 17.1 Å². The van der Waals surface area contributed by atoms with Crippen molar-refractivity contribution >= 4 is 45.7 Å². The summed E-state index contributed by atoms with van der Waals surface area (Å²) in [6.07, 6.45) is 1.82. The SMILES string of the molecule is CN(C)c1ccc(C=NN(c2ccccc2)c2cccc3ccccc23)c(Cl)c1. The maximum Gasteiger partial charge on any atom is 0.0730 e. The molecule has 0 heterocycles. The highest BCUT2D eigenvalue weighted by Crippen LogP contribution is 2.32. The van der Waals surface area contributed by atoms with E-state index in [9.17, 15) is 0 Å². The van der Waals surface area contributed by atoms with Crippen LogP contribution in [-0.4, -0.2) is 20.3 Å². The molecule has 144 valence electrons. The number of hydrogen-bond acceptors (Lipinski definition) is 3. The average Bonchev–Trinajstić information content (AvgIpc) is 2.75. The molecule has 0 bridgehead atoms. The van der Waals surface area contributed by atoms with Crippen LogP contribution in [0.1, 0.15) is 5.56 Å². The first-order valence-corrected chi connectivity index (χ1v) is 9.85. The molecule has 0 aliphatic carbocycles. The van der Waals surface area contributed by atoms with Gasteiger partial charge >= 0.3 is 0 Å². The summed E-state index contributed by atoms with van der Waals surface area (Å²) in [5.41, 5.74) is 3.94. The van der Waals surface area contributed by atoms with E-state index in [-0.39, 0.29) is 0 Å². The van der Waals surface area contributed by atoms with Crippen LogP contribution in [0.15, 0.2) is 96.1 Å². The van der Waals surface area contributed by atoms with Gasteiger partial charge in [0.05, 0.1) is 22.6 Å². The summed E-state index contributed by atoms with van der Waals surface area (Å²) in [6.45, 7) is 0. The third kappa shape index (κ3) is 4.10. The molecule has 0 unspecified atom stereocenters. The fourth-order valence-electron chi connectivity index (χ4n) is 3.25. The Labute approximate surface area is 176 Å². The van der Waals surface area contributed by atoms with Crippen molar-refractivity contribution in [1.82, 2.24) is 0 Å². The Balaban J connectivity index is 1.79. The van der Waals surface area contributed by atoms with Crippen molar-refractivity contribution in [2.45, 2.75) is 0 Å². The van der Waals surface area contributed by atoms with E-state index in [1.165, 1.54) is 5.39 Å². The van der Waals surface area contributed by atoms with Gasteiger partial charge in [0.15, 0.2) is 0 Å². The minimum Gasteiger partial charge on any atom is -0.378 e. The van der Waals surface area contributed by atoms with Crippen LogP contribution in [0.3, 0.4) is 0 Å². The second kappa shape index (κ2) is 8.38. The van der Waals surface area contributed by atoms with Crippen molar-refractivity contribution in [1.29, 1.82) is 0 Å². The lowest BCUT2D eigenvalue weighted by Crippen LogP contribution is -2.10. The number of hydrazone groups is 1. The fraction of sp³-hybridized carbons (Fsp3) is 0.0800. The smallest absolute Gasteiger partial charge is 0.0730 e. The summed E-state index contributed by atoms with van der Waals surface area (Å²) in [5.74, 6) is 0. The lowest BCUT2D eigenvalue weighted by molar-refractivity contribution is 1.10. The number of nitrogens with zero attached hydrogens (tertiary/aromatic N) is 3. The van der Waals surface area contributed by atoms with Crippen LogP contribution >= 0.6 is 11.6 Å². The molecule has 0 amide bonds. The van der Waals surface area contributed by atoms with Crippen LogP contribution < -0.4 is 9.91 Å². The Bertz CT molecular complexity index is 1150. The molecular weight excluding hydrogens is 378 g/mol. The summed E-state index contributed by atoms with van der Waals surface area (Å²) < 4.78 is 0. The molecule has 4 aromatic carbocycles. The summed E-state index contributed by atoms with van der Waals surface area (Å²) in [4.78, 5) is 2.03. The van der Waals surface area contributed by atoms with Crippen LogP contribution in [-0.2, 0) is 0 Å². The van der Waals surface area contributed by atoms with E-state index in [1.807, 2.05) is 72.7 Å². The minimum absolute atomic E-state index is 0.672. The highest BCUT2D eigenvalue weighted by Gasteiger charge is 2.11. The molecule has 0 saturated carbocycles. The van der Waals surface area contributed by atoms with Crippen molar-refractivity contribution in [3.8, 4) is 0 Å². The van der Waals surface area contributed by atoms with Crippen LogP contribution in [0, 0.1) is 0 Å². The van der Waals surface area contributed by atoms with Gasteiger partial charge in [0.1, 0.15) is 0 Å². The second-order valence-corrected chi connectivity index (χ2v) is 7.40.